The Morgan fingerprint density at radius 2 is 2.12 bits per heavy atom. The molecule has 0 bridgehead atoms. The van der Waals surface area contributed by atoms with Crippen LogP contribution in [0.25, 0.3) is 0 Å². The molecule has 0 radical (unpaired) electrons. The van der Waals surface area contributed by atoms with Crippen molar-refractivity contribution in [2.24, 2.45) is 0 Å². The number of halogens is 2. The summed E-state index contributed by atoms with van der Waals surface area (Å²) in [6.45, 7) is 6.45. The van der Waals surface area contributed by atoms with E-state index in [1.807, 2.05) is 6.07 Å². The number of anilines is 1. The van der Waals surface area contributed by atoms with Crippen LogP contribution >= 0.6 is 31.9 Å². The molecule has 0 aliphatic heterocycles. The van der Waals surface area contributed by atoms with Crippen molar-refractivity contribution in [1.29, 1.82) is 0 Å². The Labute approximate surface area is 120 Å². The van der Waals surface area contributed by atoms with Crippen LogP contribution in [0, 0.1) is 0 Å². The molecule has 0 spiro atoms. The van der Waals surface area contributed by atoms with E-state index < -0.39 is 0 Å². The van der Waals surface area contributed by atoms with Gasteiger partial charge in [-0.1, -0.05) is 0 Å². The van der Waals surface area contributed by atoms with Gasteiger partial charge in [0.2, 0.25) is 0 Å². The molecule has 1 N–H and O–H groups in total. The molecule has 5 heteroatoms. The fraction of sp³-hybridized carbons (Fsp3) is 0.583. The molecule has 0 aliphatic rings. The maximum atomic E-state index is 4.31. The van der Waals surface area contributed by atoms with Gasteiger partial charge in [0.15, 0.2) is 0 Å². The minimum absolute atomic E-state index is 0.604. The Kier molecular flexibility index (Phi) is 6.44. The van der Waals surface area contributed by atoms with Crippen LogP contribution < -0.4 is 5.32 Å². The molecular weight excluding hydrogens is 346 g/mol. The lowest BCUT2D eigenvalue weighted by Gasteiger charge is -2.20. The first-order valence-corrected chi connectivity index (χ1v) is 7.34. The highest BCUT2D eigenvalue weighted by molar-refractivity contribution is 9.11. The van der Waals surface area contributed by atoms with Gasteiger partial charge in [-0.05, 0) is 71.8 Å². The predicted molar refractivity (Wildman–Crippen MR) is 80.5 cm³/mol. The Bertz CT molecular complexity index is 356. The third kappa shape index (κ3) is 5.36. The molecule has 0 fully saturated rings. The SMILES string of the molecule is CC(C)N(C)CCCNc1ncc(Br)cc1Br. The Hall–Kier alpha value is -0.130. The van der Waals surface area contributed by atoms with E-state index in [-0.39, 0.29) is 0 Å². The van der Waals surface area contributed by atoms with Crippen molar-refractivity contribution in [2.75, 3.05) is 25.5 Å². The Balaban J connectivity index is 2.31. The van der Waals surface area contributed by atoms with E-state index in [1.54, 1.807) is 6.20 Å². The molecule has 0 aliphatic carbocycles. The molecule has 1 aromatic rings. The van der Waals surface area contributed by atoms with Gasteiger partial charge in [-0.15, -0.1) is 0 Å². The van der Waals surface area contributed by atoms with Gasteiger partial charge in [0.05, 0.1) is 4.47 Å². The summed E-state index contributed by atoms with van der Waals surface area (Å²) in [6.07, 6.45) is 2.91. The van der Waals surface area contributed by atoms with Gasteiger partial charge >= 0.3 is 0 Å². The average Bonchev–Trinajstić information content (AvgIpc) is 2.26. The van der Waals surface area contributed by atoms with E-state index in [0.29, 0.717) is 6.04 Å². The van der Waals surface area contributed by atoms with Crippen LogP contribution in [0.2, 0.25) is 0 Å². The zero-order valence-corrected chi connectivity index (χ0v) is 13.7. The lowest BCUT2D eigenvalue weighted by atomic mass is 10.3. The van der Waals surface area contributed by atoms with E-state index in [0.717, 1.165) is 34.3 Å². The van der Waals surface area contributed by atoms with Gasteiger partial charge in [-0.25, -0.2) is 4.98 Å². The Morgan fingerprint density at radius 3 is 2.71 bits per heavy atom. The zero-order valence-electron chi connectivity index (χ0n) is 10.5. The number of pyridine rings is 1. The van der Waals surface area contributed by atoms with E-state index in [2.05, 4.69) is 68.0 Å². The topological polar surface area (TPSA) is 28.2 Å². The summed E-state index contributed by atoms with van der Waals surface area (Å²) in [5.74, 6) is 0.903. The number of rotatable bonds is 6. The van der Waals surface area contributed by atoms with Crippen molar-refractivity contribution >= 4 is 37.7 Å². The van der Waals surface area contributed by atoms with Crippen LogP contribution in [-0.4, -0.2) is 36.1 Å². The average molecular weight is 365 g/mol. The molecule has 1 rings (SSSR count). The fourth-order valence-electron chi connectivity index (χ4n) is 1.34. The molecule has 0 saturated carbocycles. The predicted octanol–water partition coefficient (Wildman–Crippen LogP) is 3.75. The van der Waals surface area contributed by atoms with E-state index in [4.69, 9.17) is 0 Å². The summed E-state index contributed by atoms with van der Waals surface area (Å²) in [5.41, 5.74) is 0. The maximum absolute atomic E-state index is 4.31. The van der Waals surface area contributed by atoms with Gasteiger partial charge in [0.1, 0.15) is 5.82 Å². The minimum Gasteiger partial charge on any atom is -0.369 e. The highest BCUT2D eigenvalue weighted by Gasteiger charge is 2.04. The largest absolute Gasteiger partial charge is 0.369 e. The smallest absolute Gasteiger partial charge is 0.140 e. The van der Waals surface area contributed by atoms with Crippen LogP contribution in [0.3, 0.4) is 0 Å². The second kappa shape index (κ2) is 7.34. The minimum atomic E-state index is 0.604. The molecule has 1 aromatic heterocycles. The molecule has 0 amide bonds. The fourth-order valence-corrected chi connectivity index (χ4v) is 2.47. The van der Waals surface area contributed by atoms with Gasteiger partial charge in [-0.2, -0.15) is 0 Å². The number of nitrogens with zero attached hydrogens (tertiary/aromatic N) is 2. The van der Waals surface area contributed by atoms with Crippen LogP contribution in [0.15, 0.2) is 21.2 Å². The number of nitrogens with one attached hydrogen (secondary N) is 1. The summed E-state index contributed by atoms with van der Waals surface area (Å²) in [7, 11) is 2.15. The monoisotopic (exact) mass is 363 g/mol. The lowest BCUT2D eigenvalue weighted by molar-refractivity contribution is 0.273. The molecule has 0 aromatic carbocycles. The van der Waals surface area contributed by atoms with Crippen LogP contribution in [0.1, 0.15) is 20.3 Å². The maximum Gasteiger partial charge on any atom is 0.140 e. The van der Waals surface area contributed by atoms with Crippen LogP contribution in [0.5, 0.6) is 0 Å². The quantitative estimate of drug-likeness (QED) is 0.779. The van der Waals surface area contributed by atoms with Gasteiger partial charge in [0, 0.05) is 23.3 Å². The third-order valence-corrected chi connectivity index (χ3v) is 3.71. The van der Waals surface area contributed by atoms with Crippen molar-refractivity contribution in [2.45, 2.75) is 26.3 Å². The molecule has 1 heterocycles. The van der Waals surface area contributed by atoms with E-state index in [1.165, 1.54) is 0 Å². The van der Waals surface area contributed by atoms with Crippen molar-refractivity contribution in [1.82, 2.24) is 9.88 Å². The lowest BCUT2D eigenvalue weighted by Crippen LogP contribution is -2.28. The highest BCUT2D eigenvalue weighted by Crippen LogP contribution is 2.23. The second-order valence-electron chi connectivity index (χ2n) is 4.34. The standard InChI is InChI=1S/C12H19Br2N3/c1-9(2)17(3)6-4-5-15-12-11(14)7-10(13)8-16-12/h7-9H,4-6H2,1-3H3,(H,15,16). The molecule has 3 nitrogen and oxygen atoms in total. The second-order valence-corrected chi connectivity index (χ2v) is 6.11. The zero-order chi connectivity index (χ0) is 12.8. The molecule has 0 unspecified atom stereocenters. The number of hydrogen-bond donors (Lipinski definition) is 1. The van der Waals surface area contributed by atoms with Crippen LogP contribution in [0.4, 0.5) is 5.82 Å². The summed E-state index contributed by atoms with van der Waals surface area (Å²) in [4.78, 5) is 6.65. The third-order valence-electron chi connectivity index (χ3n) is 2.67. The summed E-state index contributed by atoms with van der Waals surface area (Å²) in [5, 5.41) is 3.33. The molecule has 96 valence electrons. The first kappa shape index (κ1) is 14.9. The van der Waals surface area contributed by atoms with Crippen molar-refractivity contribution < 1.29 is 0 Å². The summed E-state index contributed by atoms with van der Waals surface area (Å²) >= 11 is 6.87. The van der Waals surface area contributed by atoms with Gasteiger partial charge < -0.3 is 10.2 Å². The van der Waals surface area contributed by atoms with E-state index >= 15 is 0 Å². The summed E-state index contributed by atoms with van der Waals surface area (Å²) in [6, 6.07) is 2.60. The van der Waals surface area contributed by atoms with Gasteiger partial charge in [-0.3, -0.25) is 0 Å². The highest BCUT2D eigenvalue weighted by atomic mass is 79.9. The molecular formula is C12H19Br2N3. The van der Waals surface area contributed by atoms with Crippen molar-refractivity contribution in [3.63, 3.8) is 0 Å². The van der Waals surface area contributed by atoms with Crippen molar-refractivity contribution in [3.8, 4) is 0 Å². The van der Waals surface area contributed by atoms with Crippen LogP contribution in [-0.2, 0) is 0 Å². The van der Waals surface area contributed by atoms with E-state index in [9.17, 15) is 0 Å². The normalized spacial score (nSPS) is 11.2. The Morgan fingerprint density at radius 1 is 1.41 bits per heavy atom. The number of hydrogen-bond acceptors (Lipinski definition) is 3. The first-order valence-electron chi connectivity index (χ1n) is 5.76. The first-order chi connectivity index (χ1) is 8.00. The number of aromatic nitrogens is 1. The molecule has 0 saturated heterocycles. The van der Waals surface area contributed by atoms with Crippen molar-refractivity contribution in [3.05, 3.63) is 21.2 Å². The van der Waals surface area contributed by atoms with Gasteiger partial charge in [0.25, 0.3) is 0 Å². The molecule has 17 heavy (non-hydrogen) atoms. The summed E-state index contributed by atoms with van der Waals surface area (Å²) < 4.78 is 1.97. The molecule has 0 atom stereocenters.